The Kier molecular flexibility index (Phi) is 11.6. The van der Waals surface area contributed by atoms with Crippen molar-refractivity contribution in [2.45, 2.75) is 111 Å². The van der Waals surface area contributed by atoms with Gasteiger partial charge in [0.2, 0.25) is 17.7 Å². The summed E-state index contributed by atoms with van der Waals surface area (Å²) < 4.78 is 5.31. The minimum Gasteiger partial charge on any atom is -0.444 e. The molecule has 0 radical (unpaired) electrons. The van der Waals surface area contributed by atoms with Crippen molar-refractivity contribution < 1.29 is 23.9 Å². The van der Waals surface area contributed by atoms with Crippen molar-refractivity contribution in [2.24, 2.45) is 5.73 Å². The Morgan fingerprint density at radius 3 is 2.11 bits per heavy atom. The van der Waals surface area contributed by atoms with Crippen LogP contribution in [0.4, 0.5) is 4.79 Å². The number of hydrogen-bond acceptors (Lipinski definition) is 5. The highest BCUT2D eigenvalue weighted by atomic mass is 16.6. The smallest absolute Gasteiger partial charge is 0.408 e. The van der Waals surface area contributed by atoms with Gasteiger partial charge in [0.1, 0.15) is 17.7 Å². The Balaban J connectivity index is 3.58. The first-order valence-electron chi connectivity index (χ1n) is 12.9. The third kappa shape index (κ3) is 11.2. The molecule has 37 heavy (non-hydrogen) atoms. The SMILES string of the molecule is CCCCCN(C(=O)C(CC(N)=O)NC(=O)OC(C)(C)C)C(C(=O)NC(C)(C)C)c1ccc(C)c(C)c1. The second kappa shape index (κ2) is 13.4. The fourth-order valence-electron chi connectivity index (χ4n) is 3.80. The Morgan fingerprint density at radius 1 is 1.00 bits per heavy atom. The summed E-state index contributed by atoms with van der Waals surface area (Å²) in [6, 6.07) is 3.38. The molecule has 208 valence electrons. The lowest BCUT2D eigenvalue weighted by Crippen LogP contribution is -2.55. The van der Waals surface area contributed by atoms with Gasteiger partial charge in [-0.3, -0.25) is 14.4 Å². The van der Waals surface area contributed by atoms with Gasteiger partial charge < -0.3 is 26.0 Å². The molecule has 0 aliphatic carbocycles. The predicted molar refractivity (Wildman–Crippen MR) is 145 cm³/mol. The number of amides is 4. The Hall–Kier alpha value is -3.10. The van der Waals surface area contributed by atoms with Crippen LogP contribution in [0.5, 0.6) is 0 Å². The van der Waals surface area contributed by atoms with E-state index in [4.69, 9.17) is 10.5 Å². The zero-order chi connectivity index (χ0) is 28.6. The maximum absolute atomic E-state index is 14.0. The second-order valence-corrected chi connectivity index (χ2v) is 11.6. The van der Waals surface area contributed by atoms with Crippen molar-refractivity contribution >= 4 is 23.8 Å². The van der Waals surface area contributed by atoms with Gasteiger partial charge in [0, 0.05) is 12.1 Å². The number of alkyl carbamates (subject to hydrolysis) is 1. The molecule has 0 fully saturated rings. The number of carbonyl (C=O) groups excluding carboxylic acids is 4. The lowest BCUT2D eigenvalue weighted by molar-refractivity contribution is -0.144. The highest BCUT2D eigenvalue weighted by molar-refractivity contribution is 5.94. The number of unbranched alkanes of at least 4 members (excludes halogenated alkanes) is 2. The van der Waals surface area contributed by atoms with Crippen molar-refractivity contribution in [3.05, 3.63) is 34.9 Å². The summed E-state index contributed by atoms with van der Waals surface area (Å²) in [5, 5.41) is 5.50. The fourth-order valence-corrected chi connectivity index (χ4v) is 3.80. The molecule has 0 aliphatic rings. The Morgan fingerprint density at radius 2 is 1.62 bits per heavy atom. The van der Waals surface area contributed by atoms with Crippen LogP contribution in [-0.2, 0) is 19.1 Å². The highest BCUT2D eigenvalue weighted by Gasteiger charge is 2.37. The van der Waals surface area contributed by atoms with Gasteiger partial charge in [-0.05, 0) is 78.5 Å². The number of ether oxygens (including phenoxy) is 1. The fraction of sp³-hybridized carbons (Fsp3) is 0.643. The van der Waals surface area contributed by atoms with Gasteiger partial charge in [0.25, 0.3) is 0 Å². The first kappa shape index (κ1) is 31.9. The van der Waals surface area contributed by atoms with Gasteiger partial charge >= 0.3 is 6.09 Å². The van der Waals surface area contributed by atoms with Crippen molar-refractivity contribution in [3.63, 3.8) is 0 Å². The lowest BCUT2D eigenvalue weighted by Gasteiger charge is -2.36. The Bertz CT molecular complexity index is 962. The predicted octanol–water partition coefficient (Wildman–Crippen LogP) is 4.05. The van der Waals surface area contributed by atoms with Crippen molar-refractivity contribution in [1.29, 1.82) is 0 Å². The molecule has 2 unspecified atom stereocenters. The first-order chi connectivity index (χ1) is 16.9. The summed E-state index contributed by atoms with van der Waals surface area (Å²) in [5.41, 5.74) is 6.77. The van der Waals surface area contributed by atoms with E-state index in [9.17, 15) is 19.2 Å². The van der Waals surface area contributed by atoms with Crippen LogP contribution in [0.3, 0.4) is 0 Å². The molecular weight excluding hydrogens is 472 g/mol. The largest absolute Gasteiger partial charge is 0.444 e. The van der Waals surface area contributed by atoms with Gasteiger partial charge in [0.15, 0.2) is 0 Å². The molecule has 0 saturated heterocycles. The first-order valence-corrected chi connectivity index (χ1v) is 12.9. The van der Waals surface area contributed by atoms with Crippen molar-refractivity contribution in [3.8, 4) is 0 Å². The van der Waals surface area contributed by atoms with E-state index in [1.54, 1.807) is 20.8 Å². The molecule has 0 heterocycles. The van der Waals surface area contributed by atoms with Gasteiger partial charge in [-0.25, -0.2) is 4.79 Å². The van der Waals surface area contributed by atoms with Crippen LogP contribution in [0.2, 0.25) is 0 Å². The molecule has 9 heteroatoms. The monoisotopic (exact) mass is 518 g/mol. The van der Waals surface area contributed by atoms with Gasteiger partial charge in [-0.1, -0.05) is 38.0 Å². The molecule has 0 spiro atoms. The number of benzene rings is 1. The quantitative estimate of drug-likeness (QED) is 0.381. The Labute approximate surface area is 221 Å². The summed E-state index contributed by atoms with van der Waals surface area (Å²) >= 11 is 0. The van der Waals surface area contributed by atoms with E-state index in [-0.39, 0.29) is 12.5 Å². The van der Waals surface area contributed by atoms with Crippen LogP contribution < -0.4 is 16.4 Å². The molecular formula is C28H46N4O5. The standard InChI is InChI=1S/C28H46N4O5/c1-10-11-12-15-32(25(35)21(17-22(29)33)30-26(36)37-28(7,8)9)23(24(34)31-27(4,5)6)20-14-13-18(2)19(3)16-20/h13-14,16,21,23H,10-12,15,17H2,1-9H3,(H2,29,33)(H,30,36)(H,31,34). The molecule has 2 atom stereocenters. The average molecular weight is 519 g/mol. The maximum Gasteiger partial charge on any atom is 0.408 e. The number of carbonyl (C=O) groups is 4. The van der Waals surface area contributed by atoms with E-state index in [2.05, 4.69) is 10.6 Å². The zero-order valence-corrected chi connectivity index (χ0v) is 24.0. The summed E-state index contributed by atoms with van der Waals surface area (Å²) in [6.45, 7) is 16.9. The number of nitrogens with one attached hydrogen (secondary N) is 2. The molecule has 0 aliphatic heterocycles. The summed E-state index contributed by atoms with van der Waals surface area (Å²) in [7, 11) is 0. The van der Waals surface area contributed by atoms with E-state index >= 15 is 0 Å². The van der Waals surface area contributed by atoms with E-state index in [1.807, 2.05) is 59.7 Å². The van der Waals surface area contributed by atoms with E-state index < -0.39 is 47.6 Å². The third-order valence-corrected chi connectivity index (χ3v) is 5.58. The lowest BCUT2D eigenvalue weighted by atomic mass is 9.96. The molecule has 1 aromatic rings. The minimum atomic E-state index is -1.29. The number of nitrogens with zero attached hydrogens (tertiary/aromatic N) is 1. The molecule has 0 aromatic heterocycles. The summed E-state index contributed by atoms with van der Waals surface area (Å²) in [5.74, 6) is -1.69. The molecule has 1 aromatic carbocycles. The van der Waals surface area contributed by atoms with Crippen LogP contribution >= 0.6 is 0 Å². The van der Waals surface area contributed by atoms with Gasteiger partial charge in [-0.15, -0.1) is 0 Å². The number of hydrogen-bond donors (Lipinski definition) is 3. The normalized spacial score (nSPS) is 13.3. The molecule has 0 bridgehead atoms. The molecule has 1 rings (SSSR count). The van der Waals surface area contributed by atoms with E-state index in [1.165, 1.54) is 4.90 Å². The number of nitrogens with two attached hydrogens (primary N) is 1. The van der Waals surface area contributed by atoms with Crippen LogP contribution in [-0.4, -0.2) is 52.4 Å². The zero-order valence-electron chi connectivity index (χ0n) is 24.0. The van der Waals surface area contributed by atoms with Gasteiger partial charge in [0.05, 0.1) is 6.42 Å². The van der Waals surface area contributed by atoms with Crippen LogP contribution in [0.15, 0.2) is 18.2 Å². The topological polar surface area (TPSA) is 131 Å². The molecule has 9 nitrogen and oxygen atoms in total. The van der Waals surface area contributed by atoms with Crippen molar-refractivity contribution in [1.82, 2.24) is 15.5 Å². The molecule has 4 N–H and O–H groups in total. The van der Waals surface area contributed by atoms with Crippen LogP contribution in [0.25, 0.3) is 0 Å². The number of primary amides is 1. The van der Waals surface area contributed by atoms with Crippen LogP contribution in [0.1, 0.15) is 96.9 Å². The summed E-state index contributed by atoms with van der Waals surface area (Å²) in [4.78, 5) is 53.5. The van der Waals surface area contributed by atoms with Crippen LogP contribution in [0, 0.1) is 13.8 Å². The van der Waals surface area contributed by atoms with Crippen molar-refractivity contribution in [2.75, 3.05) is 6.54 Å². The molecule has 0 saturated carbocycles. The average Bonchev–Trinajstić information content (AvgIpc) is 2.71. The maximum atomic E-state index is 14.0. The van der Waals surface area contributed by atoms with Gasteiger partial charge in [-0.2, -0.15) is 0 Å². The highest BCUT2D eigenvalue weighted by Crippen LogP contribution is 2.26. The third-order valence-electron chi connectivity index (χ3n) is 5.58. The number of rotatable bonds is 11. The second-order valence-electron chi connectivity index (χ2n) is 11.6. The molecule has 4 amide bonds. The minimum absolute atomic E-state index is 0.257. The number of aryl methyl sites for hydroxylation is 2. The summed E-state index contributed by atoms with van der Waals surface area (Å²) in [6.07, 6.45) is 1.11. The van der Waals surface area contributed by atoms with E-state index in [0.717, 1.165) is 24.0 Å². The van der Waals surface area contributed by atoms with E-state index in [0.29, 0.717) is 12.0 Å².